The number of likely N-dealkylation sites (N-methyl/N-ethyl adjacent to an activating group) is 1. The van der Waals surface area contributed by atoms with Gasteiger partial charge < -0.3 is 4.90 Å². The van der Waals surface area contributed by atoms with Crippen LogP contribution in [0.3, 0.4) is 0 Å². The number of aryl methyl sites for hydroxylation is 1. The van der Waals surface area contributed by atoms with Crippen molar-refractivity contribution >= 4 is 5.91 Å². The van der Waals surface area contributed by atoms with Crippen LogP contribution in [0.25, 0.3) is 0 Å². The lowest BCUT2D eigenvalue weighted by atomic mass is 9.94. The van der Waals surface area contributed by atoms with Gasteiger partial charge in [0.2, 0.25) is 5.91 Å². The molecule has 22 heavy (non-hydrogen) atoms. The zero-order valence-electron chi connectivity index (χ0n) is 14.4. The van der Waals surface area contributed by atoms with Crippen LogP contribution in [0.5, 0.6) is 0 Å². The van der Waals surface area contributed by atoms with E-state index in [2.05, 4.69) is 43.4 Å². The summed E-state index contributed by atoms with van der Waals surface area (Å²) in [6, 6.07) is 8.82. The molecule has 0 heterocycles. The Bertz CT molecular complexity index is 494. The molecule has 0 radical (unpaired) electrons. The minimum atomic E-state index is -0.151. The molecule has 0 aliphatic heterocycles. The lowest BCUT2D eigenvalue weighted by molar-refractivity contribution is -0.134. The fraction of sp³-hybridized carbons (Fsp3) is 0.632. The van der Waals surface area contributed by atoms with Crippen LogP contribution in [0.4, 0.5) is 0 Å². The summed E-state index contributed by atoms with van der Waals surface area (Å²) >= 11 is 0. The van der Waals surface area contributed by atoms with Crippen molar-refractivity contribution in [3.63, 3.8) is 0 Å². The first-order chi connectivity index (χ1) is 10.5. The average Bonchev–Trinajstić information content (AvgIpc) is 2.54. The quantitative estimate of drug-likeness (QED) is 0.896. The van der Waals surface area contributed by atoms with Crippen LogP contribution in [0.1, 0.15) is 63.1 Å². The Balaban J connectivity index is 1.94. The van der Waals surface area contributed by atoms with Gasteiger partial charge in [0.25, 0.3) is 0 Å². The maximum atomic E-state index is 12.7. The van der Waals surface area contributed by atoms with Gasteiger partial charge in [-0.25, -0.2) is 0 Å². The molecule has 2 rings (SSSR count). The van der Waals surface area contributed by atoms with E-state index in [4.69, 9.17) is 0 Å². The zero-order chi connectivity index (χ0) is 16.1. The van der Waals surface area contributed by atoms with E-state index < -0.39 is 0 Å². The monoisotopic (exact) mass is 302 g/mol. The summed E-state index contributed by atoms with van der Waals surface area (Å²) in [6.07, 6.45) is 6.13. The van der Waals surface area contributed by atoms with E-state index in [1.54, 1.807) is 0 Å². The summed E-state index contributed by atoms with van der Waals surface area (Å²) in [4.78, 5) is 14.6. The molecule has 3 heteroatoms. The molecule has 0 aromatic heterocycles. The van der Waals surface area contributed by atoms with E-state index in [1.165, 1.54) is 30.4 Å². The lowest BCUT2D eigenvalue weighted by Crippen LogP contribution is -2.48. The molecule has 1 saturated carbocycles. The first-order valence-electron chi connectivity index (χ1n) is 8.59. The fourth-order valence-corrected chi connectivity index (χ4v) is 3.56. The molecule has 0 saturated heterocycles. The van der Waals surface area contributed by atoms with E-state index in [0.29, 0.717) is 6.04 Å². The molecular formula is C19H30N2O. The van der Waals surface area contributed by atoms with Crippen LogP contribution in [-0.2, 0) is 4.79 Å². The number of carbonyl (C=O) groups excluding carboxylic acids is 1. The number of nitrogens with one attached hydrogen (secondary N) is 1. The number of rotatable bonds is 5. The van der Waals surface area contributed by atoms with Gasteiger partial charge in [-0.15, -0.1) is 0 Å². The SMILES string of the molecule is Cc1ccccc1C(C)NC(C)C(=O)N(C)C1CCCCC1. The van der Waals surface area contributed by atoms with Crippen LogP contribution in [0, 0.1) is 6.92 Å². The molecule has 1 aromatic rings. The minimum absolute atomic E-state index is 0.151. The molecule has 2 atom stereocenters. The smallest absolute Gasteiger partial charge is 0.239 e. The van der Waals surface area contributed by atoms with Gasteiger partial charge in [0.1, 0.15) is 0 Å². The van der Waals surface area contributed by atoms with Gasteiger partial charge in [-0.3, -0.25) is 10.1 Å². The van der Waals surface area contributed by atoms with Gasteiger partial charge in [-0.2, -0.15) is 0 Å². The van der Waals surface area contributed by atoms with Gasteiger partial charge in [0.15, 0.2) is 0 Å². The van der Waals surface area contributed by atoms with Crippen molar-refractivity contribution in [3.05, 3.63) is 35.4 Å². The van der Waals surface area contributed by atoms with E-state index in [9.17, 15) is 4.79 Å². The Hall–Kier alpha value is -1.35. The summed E-state index contributed by atoms with van der Waals surface area (Å²) in [5, 5.41) is 3.47. The Morgan fingerprint density at radius 1 is 1.18 bits per heavy atom. The summed E-state index contributed by atoms with van der Waals surface area (Å²) in [6.45, 7) is 6.23. The van der Waals surface area contributed by atoms with Gasteiger partial charge in [0, 0.05) is 19.1 Å². The molecular weight excluding hydrogens is 272 g/mol. The second-order valence-corrected chi connectivity index (χ2v) is 6.71. The highest BCUT2D eigenvalue weighted by molar-refractivity contribution is 5.81. The van der Waals surface area contributed by atoms with Crippen molar-refractivity contribution in [3.8, 4) is 0 Å². The predicted octanol–water partition coefficient (Wildman–Crippen LogP) is 3.83. The molecule has 122 valence electrons. The van der Waals surface area contributed by atoms with Gasteiger partial charge in [0.05, 0.1) is 6.04 Å². The molecule has 1 amide bonds. The van der Waals surface area contributed by atoms with Crippen molar-refractivity contribution in [1.82, 2.24) is 10.2 Å². The molecule has 3 nitrogen and oxygen atoms in total. The minimum Gasteiger partial charge on any atom is -0.341 e. The Morgan fingerprint density at radius 2 is 1.82 bits per heavy atom. The van der Waals surface area contributed by atoms with Crippen molar-refractivity contribution in [2.75, 3.05) is 7.05 Å². The summed E-state index contributed by atoms with van der Waals surface area (Å²) in [5.41, 5.74) is 2.53. The first kappa shape index (κ1) is 17.0. The summed E-state index contributed by atoms with van der Waals surface area (Å²) < 4.78 is 0. The van der Waals surface area contributed by atoms with Crippen molar-refractivity contribution in [2.24, 2.45) is 0 Å². The topological polar surface area (TPSA) is 32.3 Å². The molecule has 1 aliphatic rings. The lowest BCUT2D eigenvalue weighted by Gasteiger charge is -2.34. The number of amides is 1. The van der Waals surface area contributed by atoms with Crippen LogP contribution < -0.4 is 5.32 Å². The number of hydrogen-bond donors (Lipinski definition) is 1. The van der Waals surface area contributed by atoms with Crippen LogP contribution >= 0.6 is 0 Å². The number of benzene rings is 1. The van der Waals surface area contributed by atoms with E-state index >= 15 is 0 Å². The normalized spacial score (nSPS) is 18.7. The second-order valence-electron chi connectivity index (χ2n) is 6.71. The third-order valence-electron chi connectivity index (χ3n) is 5.00. The summed E-state index contributed by atoms with van der Waals surface area (Å²) in [7, 11) is 1.97. The Kier molecular flexibility index (Phi) is 6.01. The van der Waals surface area contributed by atoms with Crippen LogP contribution in [0.15, 0.2) is 24.3 Å². The largest absolute Gasteiger partial charge is 0.341 e. The van der Waals surface area contributed by atoms with Crippen LogP contribution in [-0.4, -0.2) is 29.9 Å². The number of hydrogen-bond acceptors (Lipinski definition) is 2. The highest BCUT2D eigenvalue weighted by Gasteiger charge is 2.26. The van der Waals surface area contributed by atoms with Crippen molar-refractivity contribution < 1.29 is 4.79 Å². The summed E-state index contributed by atoms with van der Waals surface area (Å²) in [5.74, 6) is 0.215. The Labute approximate surface area is 135 Å². The number of carbonyl (C=O) groups is 1. The zero-order valence-corrected chi connectivity index (χ0v) is 14.4. The van der Waals surface area contributed by atoms with Gasteiger partial charge in [-0.1, -0.05) is 43.5 Å². The van der Waals surface area contributed by atoms with E-state index in [-0.39, 0.29) is 18.0 Å². The first-order valence-corrected chi connectivity index (χ1v) is 8.59. The van der Waals surface area contributed by atoms with Crippen molar-refractivity contribution in [1.29, 1.82) is 0 Å². The van der Waals surface area contributed by atoms with E-state index in [0.717, 1.165) is 12.8 Å². The number of nitrogens with zero attached hydrogens (tertiary/aromatic N) is 1. The van der Waals surface area contributed by atoms with Crippen LogP contribution in [0.2, 0.25) is 0 Å². The molecule has 2 unspecified atom stereocenters. The molecule has 1 aliphatic carbocycles. The van der Waals surface area contributed by atoms with Gasteiger partial charge in [-0.05, 0) is 44.7 Å². The van der Waals surface area contributed by atoms with E-state index in [1.807, 2.05) is 18.9 Å². The highest BCUT2D eigenvalue weighted by Crippen LogP contribution is 2.23. The third-order valence-corrected chi connectivity index (χ3v) is 5.00. The predicted molar refractivity (Wildman–Crippen MR) is 91.8 cm³/mol. The third kappa shape index (κ3) is 4.10. The molecule has 1 N–H and O–H groups in total. The second kappa shape index (κ2) is 7.77. The standard InChI is InChI=1S/C19H30N2O/c1-14-10-8-9-13-18(14)15(2)20-16(3)19(22)21(4)17-11-6-5-7-12-17/h8-10,13,15-17,20H,5-7,11-12H2,1-4H3. The molecule has 1 aromatic carbocycles. The maximum Gasteiger partial charge on any atom is 0.239 e. The molecule has 1 fully saturated rings. The average molecular weight is 302 g/mol. The Morgan fingerprint density at radius 3 is 2.45 bits per heavy atom. The van der Waals surface area contributed by atoms with Gasteiger partial charge >= 0.3 is 0 Å². The molecule has 0 spiro atoms. The maximum absolute atomic E-state index is 12.7. The van der Waals surface area contributed by atoms with Crippen molar-refractivity contribution in [2.45, 2.75) is 71.0 Å². The molecule has 0 bridgehead atoms. The fourth-order valence-electron chi connectivity index (χ4n) is 3.56. The highest BCUT2D eigenvalue weighted by atomic mass is 16.2.